The fourth-order valence-corrected chi connectivity index (χ4v) is 7.46. The van der Waals surface area contributed by atoms with E-state index in [1.807, 2.05) is 55.1 Å². The van der Waals surface area contributed by atoms with Gasteiger partial charge in [-0.3, -0.25) is 9.59 Å². The number of ether oxygens (including phenoxy) is 2. The Kier molecular flexibility index (Phi) is 9.76. The number of benzene rings is 3. The number of rotatable bonds is 9. The Labute approximate surface area is 277 Å². The summed E-state index contributed by atoms with van der Waals surface area (Å²) in [6, 6.07) is 20.1. The fraction of sp³-hybridized carbons (Fsp3) is 0.459. The molecule has 1 atom stereocenters. The van der Waals surface area contributed by atoms with Crippen LogP contribution in [-0.4, -0.2) is 69.2 Å². The summed E-state index contributed by atoms with van der Waals surface area (Å²) in [6.45, 7) is 7.13. The molecule has 8 nitrogen and oxygen atoms in total. The number of carbonyl (C=O) groups is 2. The maximum atomic E-state index is 13.9. The Morgan fingerprint density at radius 1 is 0.957 bits per heavy atom. The molecular weight excluding hydrogens is 600 g/mol. The van der Waals surface area contributed by atoms with Gasteiger partial charge < -0.3 is 29.5 Å². The number of hydrogen-bond acceptors (Lipinski definition) is 6. The first-order chi connectivity index (χ1) is 22.2. The van der Waals surface area contributed by atoms with Gasteiger partial charge in [0, 0.05) is 49.1 Å². The normalized spacial score (nSPS) is 21.7. The number of halogens is 1. The molecule has 0 bridgehead atoms. The summed E-state index contributed by atoms with van der Waals surface area (Å²) in [5, 5.41) is 3.83. The summed E-state index contributed by atoms with van der Waals surface area (Å²) in [5.74, 6) is 2.14. The largest absolute Gasteiger partial charge is 0.493 e. The van der Waals surface area contributed by atoms with Crippen molar-refractivity contribution in [1.82, 2.24) is 10.2 Å². The summed E-state index contributed by atoms with van der Waals surface area (Å²) in [5.41, 5.74) is 4.88. The molecule has 2 fully saturated rings. The molecule has 0 unspecified atom stereocenters. The van der Waals surface area contributed by atoms with Gasteiger partial charge in [-0.05, 0) is 111 Å². The lowest BCUT2D eigenvalue weighted by Gasteiger charge is -2.40. The van der Waals surface area contributed by atoms with Gasteiger partial charge in [0.05, 0.1) is 32.2 Å². The smallest absolute Gasteiger partial charge is 0.236 e. The van der Waals surface area contributed by atoms with Crippen LogP contribution in [0.15, 0.2) is 60.7 Å². The third kappa shape index (κ3) is 6.83. The minimum Gasteiger partial charge on any atom is -0.493 e. The Morgan fingerprint density at radius 2 is 1.67 bits per heavy atom. The van der Waals surface area contributed by atoms with Gasteiger partial charge in [0.1, 0.15) is 0 Å². The summed E-state index contributed by atoms with van der Waals surface area (Å²) in [4.78, 5) is 32.6. The SMILES string of the molecule is COc1cc2c(cc1OC(C)C)[C@H](c1ccc(Cl)cc1)N(c1ccc(N(C)C[C@H]3CC[C@@H](N4CCNCC4=O)CC3)cc1)C(=O)C2. The van der Waals surface area contributed by atoms with Crippen LogP contribution in [0, 0.1) is 5.92 Å². The highest BCUT2D eigenvalue weighted by molar-refractivity contribution is 6.30. The topological polar surface area (TPSA) is 74.4 Å². The average molecular weight is 645 g/mol. The molecule has 3 aromatic rings. The molecule has 3 aromatic carbocycles. The molecule has 2 amide bonds. The Hall–Kier alpha value is -3.75. The number of anilines is 2. The molecular formula is C37H45ClN4O4. The highest BCUT2D eigenvalue weighted by atomic mass is 35.5. The van der Waals surface area contributed by atoms with Gasteiger partial charge in [-0.1, -0.05) is 23.7 Å². The van der Waals surface area contributed by atoms with Crippen molar-refractivity contribution < 1.29 is 19.1 Å². The third-order valence-corrected chi connectivity index (χ3v) is 9.87. The first kappa shape index (κ1) is 32.2. The maximum absolute atomic E-state index is 13.9. The molecule has 3 aliphatic rings. The lowest BCUT2D eigenvalue weighted by molar-refractivity contribution is -0.135. The maximum Gasteiger partial charge on any atom is 0.236 e. The number of carbonyl (C=O) groups excluding carboxylic acids is 2. The average Bonchev–Trinajstić information content (AvgIpc) is 3.05. The second-order valence-electron chi connectivity index (χ2n) is 13.1. The standard InChI is InChI=1S/C37H45ClN4O4/c1-24(2)46-34-21-32-27(19-33(34)45-4)20-35(43)42(37(32)26-7-9-28(38)10-8-26)31-15-13-29(14-16-31)40(3)23-25-5-11-30(12-6-25)41-18-17-39-22-36(41)44/h7-10,13-16,19,21,24-25,30,37,39H,5-6,11-12,17-18,20,22-23H2,1-4H3/t25-,30+,37-/m0/s1. The molecule has 1 N–H and O–H groups in total. The number of piperazine rings is 1. The van der Waals surface area contributed by atoms with Crippen LogP contribution in [0.3, 0.4) is 0 Å². The van der Waals surface area contributed by atoms with E-state index in [0.717, 1.165) is 73.4 Å². The van der Waals surface area contributed by atoms with E-state index in [4.69, 9.17) is 21.1 Å². The molecule has 46 heavy (non-hydrogen) atoms. The second kappa shape index (κ2) is 13.9. The van der Waals surface area contributed by atoms with Crippen LogP contribution in [-0.2, 0) is 16.0 Å². The Balaban J connectivity index is 1.21. The van der Waals surface area contributed by atoms with Crippen molar-refractivity contribution in [1.29, 1.82) is 0 Å². The number of nitrogens with one attached hydrogen (secondary N) is 1. The number of nitrogens with zero attached hydrogens (tertiary/aromatic N) is 3. The number of amides is 2. The molecule has 1 saturated carbocycles. The van der Waals surface area contributed by atoms with Crippen molar-refractivity contribution in [3.05, 3.63) is 82.4 Å². The summed E-state index contributed by atoms with van der Waals surface area (Å²) in [6.07, 6.45) is 4.64. The zero-order chi connectivity index (χ0) is 32.4. The molecule has 2 heterocycles. The Morgan fingerprint density at radius 3 is 2.33 bits per heavy atom. The van der Waals surface area contributed by atoms with Gasteiger partial charge in [0.15, 0.2) is 11.5 Å². The minimum absolute atomic E-state index is 0.0212. The van der Waals surface area contributed by atoms with E-state index in [0.29, 0.717) is 35.0 Å². The molecule has 1 saturated heterocycles. The number of fused-ring (bicyclic) bond motifs is 1. The minimum atomic E-state index is -0.352. The van der Waals surface area contributed by atoms with E-state index in [9.17, 15) is 9.59 Å². The van der Waals surface area contributed by atoms with Crippen molar-refractivity contribution >= 4 is 34.8 Å². The lowest BCUT2D eigenvalue weighted by Crippen LogP contribution is -2.53. The van der Waals surface area contributed by atoms with Crippen LogP contribution in [0.5, 0.6) is 11.5 Å². The van der Waals surface area contributed by atoms with Crippen LogP contribution in [0.2, 0.25) is 5.02 Å². The van der Waals surface area contributed by atoms with Crippen LogP contribution in [0.25, 0.3) is 0 Å². The second-order valence-corrected chi connectivity index (χ2v) is 13.5. The third-order valence-electron chi connectivity index (χ3n) is 9.62. The summed E-state index contributed by atoms with van der Waals surface area (Å²) < 4.78 is 11.8. The van der Waals surface area contributed by atoms with Crippen molar-refractivity contribution in [2.75, 3.05) is 50.1 Å². The van der Waals surface area contributed by atoms with Gasteiger partial charge in [-0.25, -0.2) is 0 Å². The van der Waals surface area contributed by atoms with E-state index >= 15 is 0 Å². The zero-order valence-electron chi connectivity index (χ0n) is 27.3. The van der Waals surface area contributed by atoms with Crippen LogP contribution in [0.1, 0.15) is 62.3 Å². The van der Waals surface area contributed by atoms with Gasteiger partial charge in [-0.15, -0.1) is 0 Å². The van der Waals surface area contributed by atoms with E-state index in [1.165, 1.54) is 0 Å². The number of hydrogen-bond donors (Lipinski definition) is 1. The van der Waals surface area contributed by atoms with E-state index in [2.05, 4.69) is 46.4 Å². The number of methoxy groups -OCH3 is 1. The first-order valence-electron chi connectivity index (χ1n) is 16.5. The molecule has 9 heteroatoms. The van der Waals surface area contributed by atoms with Crippen molar-refractivity contribution in [2.45, 2.75) is 64.1 Å². The van der Waals surface area contributed by atoms with Gasteiger partial charge in [0.25, 0.3) is 0 Å². The van der Waals surface area contributed by atoms with E-state index in [-0.39, 0.29) is 30.4 Å². The Bertz CT molecular complexity index is 1540. The molecule has 0 radical (unpaired) electrons. The molecule has 2 aliphatic heterocycles. The summed E-state index contributed by atoms with van der Waals surface area (Å²) in [7, 11) is 3.77. The zero-order valence-corrected chi connectivity index (χ0v) is 28.1. The molecule has 6 rings (SSSR count). The van der Waals surface area contributed by atoms with E-state index < -0.39 is 0 Å². The van der Waals surface area contributed by atoms with Crippen molar-refractivity contribution in [2.24, 2.45) is 5.92 Å². The van der Waals surface area contributed by atoms with Crippen LogP contribution in [0.4, 0.5) is 11.4 Å². The van der Waals surface area contributed by atoms with Crippen LogP contribution >= 0.6 is 11.6 Å². The summed E-state index contributed by atoms with van der Waals surface area (Å²) >= 11 is 6.28. The highest BCUT2D eigenvalue weighted by Crippen LogP contribution is 2.44. The van der Waals surface area contributed by atoms with Gasteiger partial charge in [0.2, 0.25) is 11.8 Å². The van der Waals surface area contributed by atoms with Crippen molar-refractivity contribution in [3.8, 4) is 11.5 Å². The predicted octanol–water partition coefficient (Wildman–Crippen LogP) is 6.24. The molecule has 0 aromatic heterocycles. The lowest BCUT2D eigenvalue weighted by atomic mass is 9.84. The predicted molar refractivity (Wildman–Crippen MR) is 183 cm³/mol. The monoisotopic (exact) mass is 644 g/mol. The van der Waals surface area contributed by atoms with Gasteiger partial charge in [-0.2, -0.15) is 0 Å². The molecule has 1 aliphatic carbocycles. The fourth-order valence-electron chi connectivity index (χ4n) is 7.34. The molecule has 244 valence electrons. The van der Waals surface area contributed by atoms with Crippen molar-refractivity contribution in [3.63, 3.8) is 0 Å². The van der Waals surface area contributed by atoms with Crippen LogP contribution < -0.4 is 24.6 Å². The molecule has 0 spiro atoms. The van der Waals surface area contributed by atoms with Gasteiger partial charge >= 0.3 is 0 Å². The quantitative estimate of drug-likeness (QED) is 0.297. The highest BCUT2D eigenvalue weighted by Gasteiger charge is 2.36. The van der Waals surface area contributed by atoms with E-state index in [1.54, 1.807) is 7.11 Å². The first-order valence-corrected chi connectivity index (χ1v) is 16.9.